The van der Waals surface area contributed by atoms with Crippen LogP contribution in [0.1, 0.15) is 31.2 Å². The van der Waals surface area contributed by atoms with Crippen LogP contribution in [0.25, 0.3) is 11.4 Å². The number of anilines is 1. The van der Waals surface area contributed by atoms with E-state index in [4.69, 9.17) is 9.26 Å². The molecule has 1 saturated heterocycles. The molecule has 1 amide bonds. The van der Waals surface area contributed by atoms with Crippen molar-refractivity contribution in [3.05, 3.63) is 54.0 Å². The van der Waals surface area contributed by atoms with Crippen molar-refractivity contribution >= 4 is 11.7 Å². The van der Waals surface area contributed by atoms with Gasteiger partial charge in [-0.15, -0.1) is 0 Å². The van der Waals surface area contributed by atoms with Gasteiger partial charge in [0.1, 0.15) is 11.6 Å². The summed E-state index contributed by atoms with van der Waals surface area (Å²) in [5.74, 6) is 2.94. The van der Waals surface area contributed by atoms with Crippen LogP contribution in [0, 0.1) is 6.92 Å². The number of hydrogen-bond donors (Lipinski definition) is 0. The number of carbonyl (C=O) groups is 1. The second-order valence-electron chi connectivity index (χ2n) is 7.99. The van der Waals surface area contributed by atoms with Gasteiger partial charge in [-0.3, -0.25) is 4.79 Å². The van der Waals surface area contributed by atoms with Gasteiger partial charge in [0, 0.05) is 43.9 Å². The molecule has 0 radical (unpaired) electrons. The fourth-order valence-corrected chi connectivity index (χ4v) is 3.35. The Morgan fingerprint density at radius 2 is 1.84 bits per heavy atom. The maximum absolute atomic E-state index is 12.5. The normalized spacial score (nSPS) is 14.2. The van der Waals surface area contributed by atoms with Crippen LogP contribution in [-0.2, 0) is 4.79 Å². The highest BCUT2D eigenvalue weighted by Gasteiger charge is 2.22. The summed E-state index contributed by atoms with van der Waals surface area (Å²) in [5, 5.41) is 4.03. The summed E-state index contributed by atoms with van der Waals surface area (Å²) in [5.41, 5.74) is 1.98. The van der Waals surface area contributed by atoms with Crippen LogP contribution < -0.4 is 9.64 Å². The first-order chi connectivity index (χ1) is 15.0. The minimum Gasteiger partial charge on any atom is -0.484 e. The molecule has 0 N–H and O–H groups in total. The standard InChI is InChI=1S/C23H27N5O3/c1-16(2)23-25-22(26-31-23)18-6-9-20(24-14-18)27-10-12-28(13-11-27)21(29)15-30-19-7-4-17(3)5-8-19/h4-9,14,16H,10-13,15H2,1-3H3. The van der Waals surface area contributed by atoms with Gasteiger partial charge in [0.05, 0.1) is 0 Å². The predicted octanol–water partition coefficient (Wildman–Crippen LogP) is 3.29. The second-order valence-corrected chi connectivity index (χ2v) is 7.99. The topological polar surface area (TPSA) is 84.6 Å². The van der Waals surface area contributed by atoms with E-state index in [-0.39, 0.29) is 18.4 Å². The number of aryl methyl sites for hydroxylation is 1. The SMILES string of the molecule is Cc1ccc(OCC(=O)N2CCN(c3ccc(-c4noc(C(C)C)n4)cn3)CC2)cc1. The fraction of sp³-hybridized carbons (Fsp3) is 0.391. The van der Waals surface area contributed by atoms with E-state index in [0.717, 1.165) is 30.0 Å². The molecule has 1 aromatic carbocycles. The molecule has 1 aliphatic rings. The first-order valence-electron chi connectivity index (χ1n) is 10.5. The van der Waals surface area contributed by atoms with E-state index in [1.807, 2.05) is 62.1 Å². The van der Waals surface area contributed by atoms with Crippen LogP contribution in [0.5, 0.6) is 5.75 Å². The van der Waals surface area contributed by atoms with Crippen LogP contribution in [0.4, 0.5) is 5.82 Å². The summed E-state index contributed by atoms with van der Waals surface area (Å²) >= 11 is 0. The van der Waals surface area contributed by atoms with Crippen molar-refractivity contribution in [2.24, 2.45) is 0 Å². The van der Waals surface area contributed by atoms with E-state index in [1.165, 1.54) is 0 Å². The van der Waals surface area contributed by atoms with Crippen LogP contribution in [0.2, 0.25) is 0 Å². The van der Waals surface area contributed by atoms with Crippen molar-refractivity contribution in [2.75, 3.05) is 37.7 Å². The van der Waals surface area contributed by atoms with Gasteiger partial charge < -0.3 is 19.1 Å². The molecule has 1 fully saturated rings. The van der Waals surface area contributed by atoms with Gasteiger partial charge in [-0.1, -0.05) is 36.7 Å². The number of carbonyl (C=O) groups excluding carboxylic acids is 1. The second kappa shape index (κ2) is 9.16. The van der Waals surface area contributed by atoms with E-state index in [9.17, 15) is 4.79 Å². The number of rotatable bonds is 6. The van der Waals surface area contributed by atoms with Crippen LogP contribution >= 0.6 is 0 Å². The van der Waals surface area contributed by atoms with E-state index in [1.54, 1.807) is 6.20 Å². The summed E-state index contributed by atoms with van der Waals surface area (Å²) in [6.07, 6.45) is 1.76. The molecule has 0 spiro atoms. The van der Waals surface area contributed by atoms with Gasteiger partial charge in [0.2, 0.25) is 11.7 Å². The monoisotopic (exact) mass is 421 g/mol. The molecular formula is C23H27N5O3. The number of piperazine rings is 1. The first kappa shape index (κ1) is 20.8. The zero-order chi connectivity index (χ0) is 21.8. The Morgan fingerprint density at radius 1 is 1.10 bits per heavy atom. The summed E-state index contributed by atoms with van der Waals surface area (Å²) in [6.45, 7) is 8.83. The lowest BCUT2D eigenvalue weighted by molar-refractivity contribution is -0.133. The van der Waals surface area contributed by atoms with Crippen molar-refractivity contribution in [3.8, 4) is 17.1 Å². The van der Waals surface area contributed by atoms with Crippen molar-refractivity contribution < 1.29 is 14.1 Å². The molecule has 162 valence electrons. The van der Waals surface area contributed by atoms with E-state index in [2.05, 4.69) is 20.0 Å². The lowest BCUT2D eigenvalue weighted by Gasteiger charge is -2.35. The summed E-state index contributed by atoms with van der Waals surface area (Å²) < 4.78 is 10.9. The molecule has 0 atom stereocenters. The lowest BCUT2D eigenvalue weighted by Crippen LogP contribution is -2.50. The Labute approximate surface area is 181 Å². The minimum absolute atomic E-state index is 0.00148. The minimum atomic E-state index is 0.00148. The quantitative estimate of drug-likeness (QED) is 0.604. The molecule has 8 nitrogen and oxygen atoms in total. The Bertz CT molecular complexity index is 1010. The molecular weight excluding hydrogens is 394 g/mol. The molecule has 1 aliphatic heterocycles. The number of ether oxygens (including phenoxy) is 1. The van der Waals surface area contributed by atoms with Gasteiger partial charge in [-0.25, -0.2) is 4.98 Å². The van der Waals surface area contributed by atoms with E-state index in [0.29, 0.717) is 30.6 Å². The molecule has 31 heavy (non-hydrogen) atoms. The molecule has 0 unspecified atom stereocenters. The van der Waals surface area contributed by atoms with Gasteiger partial charge in [-0.2, -0.15) is 4.98 Å². The number of amides is 1. The maximum atomic E-state index is 12.5. The maximum Gasteiger partial charge on any atom is 0.260 e. The average molecular weight is 422 g/mol. The predicted molar refractivity (Wildman–Crippen MR) is 117 cm³/mol. The summed E-state index contributed by atoms with van der Waals surface area (Å²) in [4.78, 5) is 25.5. The van der Waals surface area contributed by atoms with Crippen molar-refractivity contribution in [2.45, 2.75) is 26.7 Å². The number of aromatic nitrogens is 3. The number of pyridine rings is 1. The first-order valence-corrected chi connectivity index (χ1v) is 10.5. The summed E-state index contributed by atoms with van der Waals surface area (Å²) in [7, 11) is 0. The molecule has 0 saturated carbocycles. The zero-order valence-corrected chi connectivity index (χ0v) is 18.1. The number of nitrogens with zero attached hydrogens (tertiary/aromatic N) is 5. The molecule has 3 heterocycles. The zero-order valence-electron chi connectivity index (χ0n) is 18.1. The molecule has 3 aromatic rings. The Balaban J connectivity index is 1.28. The summed E-state index contributed by atoms with van der Waals surface area (Å²) in [6, 6.07) is 11.6. The number of benzene rings is 1. The highest BCUT2D eigenvalue weighted by atomic mass is 16.5. The van der Waals surface area contributed by atoms with Crippen LogP contribution in [-0.4, -0.2) is 58.7 Å². The molecule has 2 aromatic heterocycles. The highest BCUT2D eigenvalue weighted by molar-refractivity contribution is 5.78. The Morgan fingerprint density at radius 3 is 2.45 bits per heavy atom. The van der Waals surface area contributed by atoms with Gasteiger partial charge >= 0.3 is 0 Å². The largest absolute Gasteiger partial charge is 0.484 e. The third kappa shape index (κ3) is 5.02. The molecule has 4 rings (SSSR count). The van der Waals surface area contributed by atoms with Gasteiger partial charge in [-0.05, 0) is 31.2 Å². The smallest absolute Gasteiger partial charge is 0.260 e. The highest BCUT2D eigenvalue weighted by Crippen LogP contribution is 2.21. The van der Waals surface area contributed by atoms with Crippen molar-refractivity contribution in [3.63, 3.8) is 0 Å². The Hall–Kier alpha value is -3.42. The van der Waals surface area contributed by atoms with Gasteiger partial charge in [0.15, 0.2) is 6.61 Å². The third-order valence-electron chi connectivity index (χ3n) is 5.28. The Kier molecular flexibility index (Phi) is 6.16. The van der Waals surface area contributed by atoms with Crippen LogP contribution in [0.3, 0.4) is 0 Å². The fourth-order valence-electron chi connectivity index (χ4n) is 3.35. The third-order valence-corrected chi connectivity index (χ3v) is 5.28. The van der Waals surface area contributed by atoms with Crippen LogP contribution in [0.15, 0.2) is 47.1 Å². The lowest BCUT2D eigenvalue weighted by atomic mass is 10.2. The average Bonchev–Trinajstić information content (AvgIpc) is 3.30. The number of hydrogen-bond acceptors (Lipinski definition) is 7. The van der Waals surface area contributed by atoms with Crippen molar-refractivity contribution in [1.29, 1.82) is 0 Å². The molecule has 8 heteroatoms. The molecule has 0 bridgehead atoms. The molecule has 0 aliphatic carbocycles. The van der Waals surface area contributed by atoms with Gasteiger partial charge in [0.25, 0.3) is 5.91 Å². The van der Waals surface area contributed by atoms with E-state index < -0.39 is 0 Å². The van der Waals surface area contributed by atoms with Crippen molar-refractivity contribution in [1.82, 2.24) is 20.0 Å². The van der Waals surface area contributed by atoms with E-state index >= 15 is 0 Å².